The van der Waals surface area contributed by atoms with E-state index in [9.17, 15) is 4.79 Å². The maximum atomic E-state index is 12.4. The van der Waals surface area contributed by atoms with E-state index in [1.807, 2.05) is 29.2 Å². The van der Waals surface area contributed by atoms with Crippen LogP contribution in [0.2, 0.25) is 0 Å². The number of rotatable bonds is 2. The number of hydrogen-bond donors (Lipinski definition) is 1. The molecular formula is C14H20N2OS. The molecule has 1 amide bonds. The van der Waals surface area contributed by atoms with E-state index in [0.29, 0.717) is 17.5 Å². The van der Waals surface area contributed by atoms with Crippen molar-refractivity contribution in [2.45, 2.75) is 17.9 Å². The van der Waals surface area contributed by atoms with E-state index in [2.05, 4.69) is 38.5 Å². The standard InChI is InChI=1S/C14H20N2OS/c1-10-8-16(9-12(10)15(2)3)14(17)11-6-4-5-7-13(11)18/h4-7,10,12,18H,8-9H2,1-3H3. The number of thiol groups is 1. The van der Waals surface area contributed by atoms with Crippen LogP contribution in [0, 0.1) is 5.92 Å². The zero-order valence-corrected chi connectivity index (χ0v) is 12.0. The van der Waals surface area contributed by atoms with Gasteiger partial charge in [-0.3, -0.25) is 4.79 Å². The second-order valence-electron chi connectivity index (χ2n) is 5.24. The Labute approximate surface area is 114 Å². The molecule has 18 heavy (non-hydrogen) atoms. The molecule has 1 aromatic carbocycles. The molecule has 3 nitrogen and oxygen atoms in total. The average molecular weight is 264 g/mol. The van der Waals surface area contributed by atoms with Gasteiger partial charge in [0.1, 0.15) is 0 Å². The Hall–Kier alpha value is -1.00. The van der Waals surface area contributed by atoms with Crippen molar-refractivity contribution in [3.63, 3.8) is 0 Å². The molecule has 0 aromatic heterocycles. The van der Waals surface area contributed by atoms with Gasteiger partial charge in [0, 0.05) is 24.0 Å². The van der Waals surface area contributed by atoms with Gasteiger partial charge >= 0.3 is 0 Å². The molecule has 0 saturated carbocycles. The lowest BCUT2D eigenvalue weighted by molar-refractivity contribution is 0.0778. The van der Waals surface area contributed by atoms with Gasteiger partial charge < -0.3 is 9.80 Å². The Morgan fingerprint density at radius 1 is 1.33 bits per heavy atom. The highest BCUT2D eigenvalue weighted by Gasteiger charge is 2.34. The minimum absolute atomic E-state index is 0.0943. The lowest BCUT2D eigenvalue weighted by Crippen LogP contribution is -2.35. The maximum Gasteiger partial charge on any atom is 0.255 e. The Balaban J connectivity index is 2.15. The van der Waals surface area contributed by atoms with Gasteiger partial charge in [-0.15, -0.1) is 12.6 Å². The summed E-state index contributed by atoms with van der Waals surface area (Å²) in [4.78, 5) is 17.3. The zero-order chi connectivity index (χ0) is 13.3. The first-order valence-electron chi connectivity index (χ1n) is 6.24. The highest BCUT2D eigenvalue weighted by molar-refractivity contribution is 7.80. The number of likely N-dealkylation sites (N-methyl/N-ethyl adjacent to an activating group) is 1. The topological polar surface area (TPSA) is 23.6 Å². The average Bonchev–Trinajstić information content (AvgIpc) is 2.71. The Morgan fingerprint density at radius 3 is 2.56 bits per heavy atom. The summed E-state index contributed by atoms with van der Waals surface area (Å²) < 4.78 is 0. The van der Waals surface area contributed by atoms with Crippen molar-refractivity contribution in [2.24, 2.45) is 5.92 Å². The fourth-order valence-electron chi connectivity index (χ4n) is 2.61. The van der Waals surface area contributed by atoms with E-state index in [1.54, 1.807) is 0 Å². The van der Waals surface area contributed by atoms with Crippen molar-refractivity contribution in [2.75, 3.05) is 27.2 Å². The van der Waals surface area contributed by atoms with Crippen molar-refractivity contribution in [3.05, 3.63) is 29.8 Å². The number of carbonyl (C=O) groups excluding carboxylic acids is 1. The summed E-state index contributed by atoms with van der Waals surface area (Å²) >= 11 is 4.36. The Kier molecular flexibility index (Phi) is 3.97. The third-order valence-corrected chi connectivity index (χ3v) is 4.05. The van der Waals surface area contributed by atoms with Crippen LogP contribution in [0.3, 0.4) is 0 Å². The van der Waals surface area contributed by atoms with E-state index in [4.69, 9.17) is 0 Å². The number of carbonyl (C=O) groups is 1. The van der Waals surface area contributed by atoms with Gasteiger partial charge in [-0.05, 0) is 32.1 Å². The number of benzene rings is 1. The number of nitrogens with zero attached hydrogens (tertiary/aromatic N) is 2. The zero-order valence-electron chi connectivity index (χ0n) is 11.1. The SMILES string of the molecule is CC1CN(C(=O)c2ccccc2S)CC1N(C)C. The molecular weight excluding hydrogens is 244 g/mol. The summed E-state index contributed by atoms with van der Waals surface area (Å²) in [5.74, 6) is 0.604. The van der Waals surface area contributed by atoms with E-state index in [1.165, 1.54) is 0 Å². The van der Waals surface area contributed by atoms with Gasteiger partial charge in [0.2, 0.25) is 0 Å². The smallest absolute Gasteiger partial charge is 0.255 e. The summed E-state index contributed by atoms with van der Waals surface area (Å²) in [5, 5.41) is 0. The van der Waals surface area contributed by atoms with E-state index in [0.717, 1.165) is 18.0 Å². The molecule has 98 valence electrons. The van der Waals surface area contributed by atoms with Gasteiger partial charge in [-0.1, -0.05) is 19.1 Å². The third-order valence-electron chi connectivity index (χ3n) is 3.66. The van der Waals surface area contributed by atoms with Crippen LogP contribution in [-0.2, 0) is 0 Å². The quantitative estimate of drug-likeness (QED) is 0.826. The highest BCUT2D eigenvalue weighted by atomic mass is 32.1. The molecule has 1 fully saturated rings. The molecule has 4 heteroatoms. The summed E-state index contributed by atoms with van der Waals surface area (Å²) in [7, 11) is 4.14. The maximum absolute atomic E-state index is 12.4. The van der Waals surface area contributed by atoms with Crippen LogP contribution in [0.5, 0.6) is 0 Å². The van der Waals surface area contributed by atoms with Crippen LogP contribution in [0.15, 0.2) is 29.2 Å². The lowest BCUT2D eigenvalue weighted by Gasteiger charge is -2.22. The molecule has 2 rings (SSSR count). The van der Waals surface area contributed by atoms with Gasteiger partial charge in [-0.25, -0.2) is 0 Å². The van der Waals surface area contributed by atoms with Crippen LogP contribution in [0.1, 0.15) is 17.3 Å². The highest BCUT2D eigenvalue weighted by Crippen LogP contribution is 2.23. The minimum Gasteiger partial charge on any atom is -0.337 e. The molecule has 0 bridgehead atoms. The van der Waals surface area contributed by atoms with Crippen LogP contribution in [0.4, 0.5) is 0 Å². The van der Waals surface area contributed by atoms with Crippen LogP contribution in [0.25, 0.3) is 0 Å². The van der Waals surface area contributed by atoms with Crippen molar-refractivity contribution < 1.29 is 4.79 Å². The molecule has 1 saturated heterocycles. The largest absolute Gasteiger partial charge is 0.337 e. The molecule has 0 N–H and O–H groups in total. The molecule has 1 aromatic rings. The van der Waals surface area contributed by atoms with E-state index < -0.39 is 0 Å². The van der Waals surface area contributed by atoms with Crippen molar-refractivity contribution in [1.82, 2.24) is 9.80 Å². The summed E-state index contributed by atoms with van der Waals surface area (Å²) in [6, 6.07) is 7.93. The van der Waals surface area contributed by atoms with E-state index >= 15 is 0 Å². The predicted octanol–water partition coefficient (Wildman–Crippen LogP) is 2.00. The normalized spacial score (nSPS) is 23.7. The van der Waals surface area contributed by atoms with Crippen molar-refractivity contribution in [1.29, 1.82) is 0 Å². The molecule has 0 aliphatic carbocycles. The van der Waals surface area contributed by atoms with Gasteiger partial charge in [0.25, 0.3) is 5.91 Å². The first-order chi connectivity index (χ1) is 8.50. The number of hydrogen-bond acceptors (Lipinski definition) is 3. The fourth-order valence-corrected chi connectivity index (χ4v) is 2.87. The molecule has 1 heterocycles. The van der Waals surface area contributed by atoms with Crippen molar-refractivity contribution in [3.8, 4) is 0 Å². The molecule has 2 atom stereocenters. The van der Waals surface area contributed by atoms with Crippen LogP contribution < -0.4 is 0 Å². The summed E-state index contributed by atoms with van der Waals surface area (Å²) in [5.41, 5.74) is 0.701. The molecule has 0 radical (unpaired) electrons. The van der Waals surface area contributed by atoms with E-state index in [-0.39, 0.29) is 5.91 Å². The second kappa shape index (κ2) is 5.33. The molecule has 0 spiro atoms. The third kappa shape index (κ3) is 2.54. The van der Waals surface area contributed by atoms with Crippen LogP contribution >= 0.6 is 12.6 Å². The Bertz CT molecular complexity index is 447. The Morgan fingerprint density at radius 2 is 2.00 bits per heavy atom. The monoisotopic (exact) mass is 264 g/mol. The van der Waals surface area contributed by atoms with Gasteiger partial charge in [-0.2, -0.15) is 0 Å². The summed E-state index contributed by atoms with van der Waals surface area (Å²) in [6.45, 7) is 3.82. The molecule has 2 unspecified atom stereocenters. The predicted molar refractivity (Wildman–Crippen MR) is 76.2 cm³/mol. The minimum atomic E-state index is 0.0943. The first kappa shape index (κ1) is 13.4. The lowest BCUT2D eigenvalue weighted by atomic mass is 10.1. The number of likely N-dealkylation sites (tertiary alicyclic amines) is 1. The molecule has 1 aliphatic rings. The molecule has 1 aliphatic heterocycles. The van der Waals surface area contributed by atoms with Gasteiger partial charge in [0.15, 0.2) is 0 Å². The van der Waals surface area contributed by atoms with Crippen molar-refractivity contribution >= 4 is 18.5 Å². The second-order valence-corrected chi connectivity index (χ2v) is 5.72. The number of amides is 1. The fraction of sp³-hybridized carbons (Fsp3) is 0.500. The van der Waals surface area contributed by atoms with Crippen LogP contribution in [-0.4, -0.2) is 48.9 Å². The summed E-state index contributed by atoms with van der Waals surface area (Å²) in [6.07, 6.45) is 0. The van der Waals surface area contributed by atoms with Gasteiger partial charge in [0.05, 0.1) is 5.56 Å². The first-order valence-corrected chi connectivity index (χ1v) is 6.69.